The fourth-order valence-electron chi connectivity index (χ4n) is 1.60. The van der Waals surface area contributed by atoms with Gasteiger partial charge in [-0.3, -0.25) is 4.79 Å². The summed E-state index contributed by atoms with van der Waals surface area (Å²) in [7, 11) is 1.80. The molecule has 0 atom stereocenters. The molecule has 2 rings (SSSR count). The van der Waals surface area contributed by atoms with Crippen LogP contribution in [0.3, 0.4) is 0 Å². The summed E-state index contributed by atoms with van der Waals surface area (Å²) in [4.78, 5) is 11.8. The molecule has 0 radical (unpaired) electrons. The lowest BCUT2D eigenvalue weighted by Crippen LogP contribution is -2.27. The Morgan fingerprint density at radius 3 is 2.76 bits per heavy atom. The van der Waals surface area contributed by atoms with Gasteiger partial charge >= 0.3 is 0 Å². The van der Waals surface area contributed by atoms with Crippen LogP contribution in [0.5, 0.6) is 0 Å². The van der Waals surface area contributed by atoms with Crippen molar-refractivity contribution >= 4 is 18.3 Å². The normalized spacial score (nSPS) is 14.0. The minimum atomic E-state index is -0.374. The van der Waals surface area contributed by atoms with E-state index in [-0.39, 0.29) is 24.1 Å². The second-order valence-electron chi connectivity index (χ2n) is 4.08. The van der Waals surface area contributed by atoms with E-state index in [1.54, 1.807) is 13.1 Å². The van der Waals surface area contributed by atoms with Crippen LogP contribution in [-0.2, 0) is 6.54 Å². The Bertz CT molecular complexity index is 407. The molecule has 0 bridgehead atoms. The molecule has 1 aliphatic rings. The number of hydrogen-bond acceptors (Lipinski definition) is 2. The minimum Gasteiger partial charge on any atom is -0.349 e. The van der Waals surface area contributed by atoms with Gasteiger partial charge in [0, 0.05) is 18.2 Å². The predicted molar refractivity (Wildman–Crippen MR) is 66.9 cm³/mol. The number of benzene rings is 1. The number of carbonyl (C=O) groups excluding carboxylic acids is 1. The minimum absolute atomic E-state index is 0. The van der Waals surface area contributed by atoms with Crippen molar-refractivity contribution < 1.29 is 9.18 Å². The first-order valence-electron chi connectivity index (χ1n) is 5.44. The molecule has 0 aromatic heterocycles. The first-order valence-corrected chi connectivity index (χ1v) is 5.44. The molecular weight excluding hydrogens is 243 g/mol. The van der Waals surface area contributed by atoms with Gasteiger partial charge in [0.05, 0.1) is 0 Å². The Morgan fingerprint density at radius 2 is 2.18 bits per heavy atom. The maximum atomic E-state index is 13.1. The number of amides is 1. The quantitative estimate of drug-likeness (QED) is 0.866. The monoisotopic (exact) mass is 258 g/mol. The first kappa shape index (κ1) is 13.9. The van der Waals surface area contributed by atoms with E-state index in [4.69, 9.17) is 0 Å². The van der Waals surface area contributed by atoms with Gasteiger partial charge in [-0.15, -0.1) is 12.4 Å². The van der Waals surface area contributed by atoms with Crippen LogP contribution in [0, 0.1) is 5.82 Å². The van der Waals surface area contributed by atoms with Crippen molar-refractivity contribution in [1.29, 1.82) is 0 Å². The summed E-state index contributed by atoms with van der Waals surface area (Å²) in [5.41, 5.74) is 1.25. The average Bonchev–Trinajstić information content (AvgIpc) is 3.05. The van der Waals surface area contributed by atoms with Gasteiger partial charge in [-0.05, 0) is 37.6 Å². The van der Waals surface area contributed by atoms with Crippen LogP contribution in [0.15, 0.2) is 18.2 Å². The maximum Gasteiger partial charge on any atom is 0.251 e. The number of nitrogens with one attached hydrogen (secondary N) is 2. The van der Waals surface area contributed by atoms with E-state index >= 15 is 0 Å². The molecular formula is C12H16ClFN2O. The smallest absolute Gasteiger partial charge is 0.251 e. The Hall–Kier alpha value is -1.13. The fraction of sp³-hybridized carbons (Fsp3) is 0.417. The average molecular weight is 259 g/mol. The third-order valence-corrected chi connectivity index (χ3v) is 2.60. The molecule has 94 valence electrons. The Balaban J connectivity index is 0.00000144. The van der Waals surface area contributed by atoms with E-state index in [2.05, 4.69) is 10.6 Å². The second-order valence-corrected chi connectivity index (χ2v) is 4.08. The third kappa shape index (κ3) is 3.68. The summed E-state index contributed by atoms with van der Waals surface area (Å²) in [5, 5.41) is 5.83. The summed E-state index contributed by atoms with van der Waals surface area (Å²) < 4.78 is 13.1. The maximum absolute atomic E-state index is 13.1. The molecule has 1 amide bonds. The van der Waals surface area contributed by atoms with Crippen LogP contribution < -0.4 is 10.6 Å². The molecule has 0 spiro atoms. The van der Waals surface area contributed by atoms with Crippen molar-refractivity contribution in [3.63, 3.8) is 0 Å². The summed E-state index contributed by atoms with van der Waals surface area (Å²) >= 11 is 0. The van der Waals surface area contributed by atoms with Crippen LogP contribution >= 0.6 is 12.4 Å². The standard InChI is InChI=1S/C12H15FN2O.ClH/c1-14-7-8-2-3-9(13)6-11(8)12(16)15-10-4-5-10;/h2-3,6,10,14H,4-5,7H2,1H3,(H,15,16);1H. The largest absolute Gasteiger partial charge is 0.349 e. The topological polar surface area (TPSA) is 41.1 Å². The summed E-state index contributed by atoms with van der Waals surface area (Å²) in [5.74, 6) is -0.548. The highest BCUT2D eigenvalue weighted by Crippen LogP contribution is 2.20. The molecule has 17 heavy (non-hydrogen) atoms. The lowest BCUT2D eigenvalue weighted by Gasteiger charge is -2.09. The highest BCUT2D eigenvalue weighted by molar-refractivity contribution is 5.96. The van der Waals surface area contributed by atoms with Crippen molar-refractivity contribution in [3.05, 3.63) is 35.1 Å². The van der Waals surface area contributed by atoms with E-state index in [0.717, 1.165) is 18.4 Å². The van der Waals surface area contributed by atoms with Crippen molar-refractivity contribution in [2.24, 2.45) is 0 Å². The van der Waals surface area contributed by atoms with Crippen molar-refractivity contribution in [1.82, 2.24) is 10.6 Å². The van der Waals surface area contributed by atoms with Gasteiger partial charge in [0.25, 0.3) is 5.91 Å². The summed E-state index contributed by atoms with van der Waals surface area (Å²) in [6, 6.07) is 4.61. The molecule has 0 aliphatic heterocycles. The Morgan fingerprint density at radius 1 is 1.47 bits per heavy atom. The van der Waals surface area contributed by atoms with Gasteiger partial charge in [0.2, 0.25) is 0 Å². The van der Waals surface area contributed by atoms with Crippen molar-refractivity contribution in [2.75, 3.05) is 7.05 Å². The molecule has 3 nitrogen and oxygen atoms in total. The number of hydrogen-bond donors (Lipinski definition) is 2. The highest BCUT2D eigenvalue weighted by atomic mass is 35.5. The number of carbonyl (C=O) groups is 1. The molecule has 1 fully saturated rings. The predicted octanol–water partition coefficient (Wildman–Crippen LogP) is 1.86. The molecule has 0 unspecified atom stereocenters. The fourth-order valence-corrected chi connectivity index (χ4v) is 1.60. The summed E-state index contributed by atoms with van der Waals surface area (Å²) in [6.07, 6.45) is 2.06. The Labute approximate surface area is 106 Å². The zero-order valence-electron chi connectivity index (χ0n) is 9.63. The van der Waals surface area contributed by atoms with Gasteiger partial charge in [0.1, 0.15) is 5.82 Å². The van der Waals surface area contributed by atoms with E-state index < -0.39 is 0 Å². The first-order chi connectivity index (χ1) is 7.70. The van der Waals surface area contributed by atoms with E-state index in [0.29, 0.717) is 18.2 Å². The zero-order chi connectivity index (χ0) is 11.5. The van der Waals surface area contributed by atoms with Gasteiger partial charge in [-0.2, -0.15) is 0 Å². The van der Waals surface area contributed by atoms with Crippen LogP contribution in [0.1, 0.15) is 28.8 Å². The number of rotatable bonds is 4. The van der Waals surface area contributed by atoms with Gasteiger partial charge < -0.3 is 10.6 Å². The molecule has 5 heteroatoms. The van der Waals surface area contributed by atoms with Crippen molar-refractivity contribution in [2.45, 2.75) is 25.4 Å². The van der Waals surface area contributed by atoms with Gasteiger partial charge in [-0.1, -0.05) is 6.07 Å². The molecule has 1 aromatic rings. The molecule has 0 heterocycles. The molecule has 2 N–H and O–H groups in total. The van der Waals surface area contributed by atoms with Gasteiger partial charge in [0.15, 0.2) is 0 Å². The molecule has 1 aliphatic carbocycles. The highest BCUT2D eigenvalue weighted by Gasteiger charge is 2.24. The van der Waals surface area contributed by atoms with Crippen LogP contribution in [-0.4, -0.2) is 19.0 Å². The third-order valence-electron chi connectivity index (χ3n) is 2.60. The Kier molecular flexibility index (Phi) is 4.90. The zero-order valence-corrected chi connectivity index (χ0v) is 10.4. The van der Waals surface area contributed by atoms with Crippen LogP contribution in [0.2, 0.25) is 0 Å². The number of halogens is 2. The lowest BCUT2D eigenvalue weighted by molar-refractivity contribution is 0.0949. The molecule has 1 aromatic carbocycles. The van der Waals surface area contributed by atoms with E-state index in [1.165, 1.54) is 12.1 Å². The van der Waals surface area contributed by atoms with E-state index in [1.807, 2.05) is 0 Å². The summed E-state index contributed by atoms with van der Waals surface area (Å²) in [6.45, 7) is 0.563. The lowest BCUT2D eigenvalue weighted by atomic mass is 10.1. The SMILES string of the molecule is CNCc1ccc(F)cc1C(=O)NC1CC1.Cl. The van der Waals surface area contributed by atoms with Crippen LogP contribution in [0.25, 0.3) is 0 Å². The second kappa shape index (κ2) is 5.98. The molecule has 1 saturated carbocycles. The van der Waals surface area contributed by atoms with Gasteiger partial charge in [-0.25, -0.2) is 4.39 Å². The van der Waals surface area contributed by atoms with Crippen LogP contribution in [0.4, 0.5) is 4.39 Å². The molecule has 0 saturated heterocycles. The van der Waals surface area contributed by atoms with Crippen molar-refractivity contribution in [3.8, 4) is 0 Å². The van der Waals surface area contributed by atoms with E-state index in [9.17, 15) is 9.18 Å².